The van der Waals surface area contributed by atoms with Crippen LogP contribution < -0.4 is 14.0 Å². The summed E-state index contributed by atoms with van der Waals surface area (Å²) in [5.74, 6) is 0. The molecule has 0 saturated carbocycles. The summed E-state index contributed by atoms with van der Waals surface area (Å²) in [6.45, 7) is 8.93. The Morgan fingerprint density at radius 1 is 0.387 bits per heavy atom. The Kier molecular flexibility index (Phi) is 7.60. The van der Waals surface area contributed by atoms with Gasteiger partial charge in [0.25, 0.3) is 0 Å². The Bertz CT molecular complexity index is 1000. The van der Waals surface area contributed by atoms with Gasteiger partial charge in [-0.25, -0.2) is 0 Å². The van der Waals surface area contributed by atoms with Crippen molar-refractivity contribution >= 4 is 55.3 Å². The predicted molar refractivity (Wildman–Crippen MR) is 136 cm³/mol. The van der Waals surface area contributed by atoms with Crippen molar-refractivity contribution in [3.63, 3.8) is 0 Å². The van der Waals surface area contributed by atoms with Crippen LogP contribution in [0.5, 0.6) is 0 Å². The van der Waals surface area contributed by atoms with Crippen LogP contribution in [-0.2, 0) is 1.29 Å². The van der Waals surface area contributed by atoms with Gasteiger partial charge in [0, 0.05) is 0 Å². The van der Waals surface area contributed by atoms with E-state index >= 15 is 0 Å². The van der Waals surface area contributed by atoms with Crippen LogP contribution >= 0.6 is 0 Å². The van der Waals surface area contributed by atoms with Gasteiger partial charge in [-0.15, -0.1) is 0 Å². The molecule has 31 heavy (non-hydrogen) atoms. The molecule has 0 N–H and O–H groups in total. The summed E-state index contributed by atoms with van der Waals surface area (Å²) in [4.78, 5) is 0. The van der Waals surface area contributed by atoms with E-state index in [2.05, 4.69) is 125 Å². The normalized spacial score (nSPS) is 11.3. The monoisotopic (exact) mass is 622 g/mol. The van der Waals surface area contributed by atoms with E-state index in [4.69, 9.17) is 1.29 Å². The van der Waals surface area contributed by atoms with Crippen molar-refractivity contribution < 1.29 is 1.29 Å². The Morgan fingerprint density at radius 3 is 0.839 bits per heavy atom. The molecule has 0 amide bonds. The Balaban J connectivity index is 1.89. The maximum absolute atomic E-state index is 7.48. The van der Waals surface area contributed by atoms with Crippen molar-refractivity contribution in [3.05, 3.63) is 119 Å². The maximum atomic E-state index is 7.48. The zero-order valence-corrected chi connectivity index (χ0v) is 23.6. The molecular weight excluding hydrogens is 596 g/mol. The number of hydrogen-bond acceptors (Lipinski definition) is 1. The van der Waals surface area contributed by atoms with E-state index in [1.165, 1.54) is 36.3 Å². The first-order valence-corrected chi connectivity index (χ1v) is 17.8. The van der Waals surface area contributed by atoms with Gasteiger partial charge >= 0.3 is 204 Å². The van der Waals surface area contributed by atoms with E-state index in [1.807, 2.05) is 0 Å². The van der Waals surface area contributed by atoms with E-state index in [0.29, 0.717) is 0 Å². The van der Waals surface area contributed by atoms with Crippen molar-refractivity contribution in [3.8, 4) is 0 Å². The summed E-state index contributed by atoms with van der Waals surface area (Å²) in [5, 5.41) is 0. The van der Waals surface area contributed by atoms with Gasteiger partial charge in [-0.05, 0) is 0 Å². The molecule has 0 bridgehead atoms. The minimum absolute atomic E-state index is 1.35. The molecule has 0 aliphatic rings. The topological polar surface area (TPSA) is 9.23 Å². The van der Waals surface area contributed by atoms with Gasteiger partial charge in [-0.1, -0.05) is 0 Å². The summed E-state index contributed by atoms with van der Waals surface area (Å²) in [5.41, 5.74) is 5.40. The van der Waals surface area contributed by atoms with E-state index in [9.17, 15) is 0 Å². The van der Waals surface area contributed by atoms with Gasteiger partial charge in [0.2, 0.25) is 0 Å². The molecule has 0 aliphatic heterocycles. The molecule has 0 unspecified atom stereocenters. The molecule has 0 fully saturated rings. The average Bonchev–Trinajstić information content (AvgIpc) is 2.78. The third-order valence-corrected chi connectivity index (χ3v) is 23.4. The number of hydrogen-bond donors (Lipinski definition) is 0. The molecular formula is C28H28OSb2. The first-order chi connectivity index (χ1) is 15.1. The fraction of sp³-hybridized carbons (Fsp3) is 0.143. The van der Waals surface area contributed by atoms with Crippen LogP contribution in [0.4, 0.5) is 0 Å². The summed E-state index contributed by atoms with van der Waals surface area (Å²) >= 11 is -4.93. The van der Waals surface area contributed by atoms with E-state index in [1.54, 1.807) is 0 Å². The molecule has 4 aromatic rings. The summed E-state index contributed by atoms with van der Waals surface area (Å²) in [7, 11) is 0. The van der Waals surface area contributed by atoms with Gasteiger partial charge in [0.15, 0.2) is 0 Å². The quantitative estimate of drug-likeness (QED) is 0.297. The molecule has 4 aromatic carbocycles. The second kappa shape index (κ2) is 10.4. The third kappa shape index (κ3) is 5.11. The minimum atomic E-state index is -2.46. The molecule has 0 heterocycles. The Labute approximate surface area is 202 Å². The van der Waals surface area contributed by atoms with Gasteiger partial charge in [0.1, 0.15) is 0 Å². The van der Waals surface area contributed by atoms with Crippen molar-refractivity contribution in [2.45, 2.75) is 27.7 Å². The molecule has 0 saturated heterocycles. The van der Waals surface area contributed by atoms with E-state index < -0.39 is 41.3 Å². The fourth-order valence-electron chi connectivity index (χ4n) is 3.68. The van der Waals surface area contributed by atoms with Crippen molar-refractivity contribution in [2.24, 2.45) is 0 Å². The summed E-state index contributed by atoms with van der Waals surface area (Å²) in [6, 6.07) is 35.4. The van der Waals surface area contributed by atoms with Crippen molar-refractivity contribution in [1.82, 2.24) is 0 Å². The van der Waals surface area contributed by atoms with Gasteiger partial charge in [-0.2, -0.15) is 0 Å². The van der Waals surface area contributed by atoms with E-state index in [0.717, 1.165) is 0 Å². The Hall–Kier alpha value is -1.52. The predicted octanol–water partition coefficient (Wildman–Crippen LogP) is 3.85. The van der Waals surface area contributed by atoms with Gasteiger partial charge in [-0.3, -0.25) is 0 Å². The zero-order valence-electron chi connectivity index (χ0n) is 18.5. The first-order valence-electron chi connectivity index (χ1n) is 10.6. The molecule has 0 spiro atoms. The van der Waals surface area contributed by atoms with Crippen LogP contribution in [0.25, 0.3) is 0 Å². The second-order valence-corrected chi connectivity index (χ2v) is 20.3. The van der Waals surface area contributed by atoms with Crippen LogP contribution in [0.2, 0.25) is 0 Å². The van der Waals surface area contributed by atoms with Crippen LogP contribution in [0.3, 0.4) is 0 Å². The molecule has 0 radical (unpaired) electrons. The standard InChI is InChI=1S/4C7H7.O.2Sb/c4*1-7-5-3-2-4-6-7;;;/h4*2-5H,1H3;;;. The van der Waals surface area contributed by atoms with Gasteiger partial charge < -0.3 is 0 Å². The van der Waals surface area contributed by atoms with Gasteiger partial charge in [0.05, 0.1) is 0 Å². The zero-order chi connectivity index (χ0) is 21.8. The molecule has 0 atom stereocenters. The molecule has 156 valence electrons. The molecule has 0 aliphatic carbocycles. The van der Waals surface area contributed by atoms with Crippen LogP contribution in [0.15, 0.2) is 97.1 Å². The SMILES string of the molecule is Cc1cccc[c]1[Sb]([O][Sb]([c]1ccccc1C)[c]1ccccc1C)[c]1ccccc1C. The fourth-order valence-corrected chi connectivity index (χ4v) is 23.5. The first kappa shape index (κ1) is 22.7. The number of benzene rings is 4. The number of aryl methyl sites for hydroxylation is 4. The molecule has 0 aromatic heterocycles. The van der Waals surface area contributed by atoms with Crippen LogP contribution in [0.1, 0.15) is 22.3 Å². The molecule has 3 heteroatoms. The number of rotatable bonds is 6. The Morgan fingerprint density at radius 2 is 0.613 bits per heavy atom. The molecule has 4 rings (SSSR count). The average molecular weight is 624 g/mol. The second-order valence-electron chi connectivity index (χ2n) is 7.82. The van der Waals surface area contributed by atoms with E-state index in [-0.39, 0.29) is 0 Å². The van der Waals surface area contributed by atoms with Crippen molar-refractivity contribution in [1.29, 1.82) is 0 Å². The third-order valence-electron chi connectivity index (χ3n) is 5.50. The summed E-state index contributed by atoms with van der Waals surface area (Å²) in [6.07, 6.45) is 0. The molecule has 1 nitrogen and oxygen atoms in total. The summed E-state index contributed by atoms with van der Waals surface area (Å²) < 4.78 is 13.2. The van der Waals surface area contributed by atoms with Crippen LogP contribution in [0, 0.1) is 27.7 Å². The van der Waals surface area contributed by atoms with Crippen molar-refractivity contribution in [2.75, 3.05) is 0 Å². The van der Waals surface area contributed by atoms with Crippen LogP contribution in [-0.4, -0.2) is 41.3 Å².